The third kappa shape index (κ3) is 3.95. The maximum atomic E-state index is 6.36. The second-order valence-electron chi connectivity index (χ2n) is 8.05. The van der Waals surface area contributed by atoms with Crippen LogP contribution in [0.1, 0.15) is 46.1 Å². The summed E-state index contributed by atoms with van der Waals surface area (Å²) >= 11 is 6.36. The van der Waals surface area contributed by atoms with Crippen molar-refractivity contribution in [3.8, 4) is 5.75 Å². The van der Waals surface area contributed by atoms with Gasteiger partial charge >= 0.3 is 0 Å². The van der Waals surface area contributed by atoms with Gasteiger partial charge in [-0.2, -0.15) is 5.10 Å². The van der Waals surface area contributed by atoms with Crippen LogP contribution in [0.15, 0.2) is 12.3 Å². The number of hydrogen-bond donors (Lipinski definition) is 1. The van der Waals surface area contributed by atoms with Gasteiger partial charge in [0, 0.05) is 10.9 Å². The molecule has 0 atom stereocenters. The van der Waals surface area contributed by atoms with Gasteiger partial charge in [-0.3, -0.25) is 5.10 Å². The largest absolute Gasteiger partial charge is 0.489 e. The summed E-state index contributed by atoms with van der Waals surface area (Å²) in [5.41, 5.74) is 1.95. The fourth-order valence-corrected chi connectivity index (χ4v) is 3.59. The molecule has 24 heavy (non-hydrogen) atoms. The van der Waals surface area contributed by atoms with Crippen LogP contribution in [0, 0.1) is 0 Å². The standard InChI is InChI=1S/C18H29ClN2O2Si/c1-12(2)13-10-15(19)14-11-20-21-16(14)17(13)22-8-9-23-24(6,7)18(3,4)5/h10-12H,8-9H2,1-7H3,(H,20,21). The molecule has 1 aromatic carbocycles. The van der Waals surface area contributed by atoms with Crippen molar-refractivity contribution in [3.05, 3.63) is 22.8 Å². The minimum atomic E-state index is -1.75. The van der Waals surface area contributed by atoms with Crippen LogP contribution < -0.4 is 4.74 Å². The molecule has 1 heterocycles. The Kier molecular flexibility index (Phi) is 5.67. The number of hydrogen-bond acceptors (Lipinski definition) is 3. The van der Waals surface area contributed by atoms with E-state index in [1.165, 1.54) is 0 Å². The minimum absolute atomic E-state index is 0.201. The van der Waals surface area contributed by atoms with Gasteiger partial charge in [0.25, 0.3) is 0 Å². The van der Waals surface area contributed by atoms with Crippen molar-refractivity contribution in [2.45, 2.75) is 58.7 Å². The lowest BCUT2D eigenvalue weighted by Crippen LogP contribution is -2.41. The third-order valence-electron chi connectivity index (χ3n) is 4.89. The zero-order chi connectivity index (χ0) is 18.1. The molecule has 6 heteroatoms. The Bertz CT molecular complexity index is 705. The van der Waals surface area contributed by atoms with E-state index in [2.05, 4.69) is 57.9 Å². The number of fused-ring (bicyclic) bond motifs is 1. The van der Waals surface area contributed by atoms with Crippen LogP contribution in [-0.4, -0.2) is 31.7 Å². The number of halogens is 1. The van der Waals surface area contributed by atoms with Crippen molar-refractivity contribution in [1.29, 1.82) is 0 Å². The lowest BCUT2D eigenvalue weighted by Gasteiger charge is -2.36. The number of benzene rings is 1. The van der Waals surface area contributed by atoms with Crippen molar-refractivity contribution >= 4 is 30.8 Å². The van der Waals surface area contributed by atoms with E-state index in [0.717, 1.165) is 22.2 Å². The Morgan fingerprint density at radius 1 is 1.25 bits per heavy atom. The van der Waals surface area contributed by atoms with Crippen molar-refractivity contribution < 1.29 is 9.16 Å². The monoisotopic (exact) mass is 368 g/mol. The molecule has 0 aliphatic carbocycles. The molecule has 1 N–H and O–H groups in total. The number of nitrogens with one attached hydrogen (secondary N) is 1. The van der Waals surface area contributed by atoms with E-state index in [1.807, 2.05) is 6.07 Å². The van der Waals surface area contributed by atoms with Crippen LogP contribution in [-0.2, 0) is 4.43 Å². The van der Waals surface area contributed by atoms with E-state index < -0.39 is 8.32 Å². The molecule has 0 aliphatic rings. The Balaban J connectivity index is 2.14. The highest BCUT2D eigenvalue weighted by atomic mass is 35.5. The molecule has 0 saturated heterocycles. The molecular weight excluding hydrogens is 340 g/mol. The fraction of sp³-hybridized carbons (Fsp3) is 0.611. The smallest absolute Gasteiger partial charge is 0.192 e. The third-order valence-corrected chi connectivity index (χ3v) is 9.74. The summed E-state index contributed by atoms with van der Waals surface area (Å²) in [6.45, 7) is 16.6. The van der Waals surface area contributed by atoms with E-state index in [-0.39, 0.29) is 5.04 Å². The average Bonchev–Trinajstić information content (AvgIpc) is 2.93. The van der Waals surface area contributed by atoms with Crippen molar-refractivity contribution in [2.24, 2.45) is 0 Å². The Hall–Kier alpha value is -1.04. The predicted octanol–water partition coefficient (Wildman–Crippen LogP) is 5.74. The van der Waals surface area contributed by atoms with Gasteiger partial charge in [0.1, 0.15) is 17.9 Å². The predicted molar refractivity (Wildman–Crippen MR) is 104 cm³/mol. The molecule has 0 spiro atoms. The van der Waals surface area contributed by atoms with Crippen LogP contribution in [0.4, 0.5) is 0 Å². The summed E-state index contributed by atoms with van der Waals surface area (Å²) in [6, 6.07) is 1.98. The van der Waals surface area contributed by atoms with E-state index >= 15 is 0 Å². The summed E-state index contributed by atoms with van der Waals surface area (Å²) in [6.07, 6.45) is 1.74. The molecule has 4 nitrogen and oxygen atoms in total. The normalized spacial score (nSPS) is 13.0. The molecule has 2 rings (SSSR count). The Morgan fingerprint density at radius 3 is 2.50 bits per heavy atom. The number of rotatable bonds is 6. The van der Waals surface area contributed by atoms with Crippen LogP contribution in [0.3, 0.4) is 0 Å². The Morgan fingerprint density at radius 2 is 1.92 bits per heavy atom. The lowest BCUT2D eigenvalue weighted by molar-refractivity contribution is 0.203. The van der Waals surface area contributed by atoms with Crippen LogP contribution in [0.5, 0.6) is 5.75 Å². The van der Waals surface area contributed by atoms with Gasteiger partial charge in [-0.25, -0.2) is 0 Å². The van der Waals surface area contributed by atoms with Gasteiger partial charge in [0.2, 0.25) is 0 Å². The van der Waals surface area contributed by atoms with Crippen LogP contribution in [0.25, 0.3) is 10.9 Å². The zero-order valence-electron chi connectivity index (χ0n) is 15.8. The molecule has 0 aliphatic heterocycles. The summed E-state index contributed by atoms with van der Waals surface area (Å²) < 4.78 is 12.3. The van der Waals surface area contributed by atoms with Gasteiger partial charge in [0.15, 0.2) is 8.32 Å². The molecule has 0 saturated carbocycles. The van der Waals surface area contributed by atoms with Gasteiger partial charge < -0.3 is 9.16 Å². The zero-order valence-corrected chi connectivity index (χ0v) is 17.5. The first-order chi connectivity index (χ1) is 11.0. The molecule has 0 fully saturated rings. The highest BCUT2D eigenvalue weighted by Crippen LogP contribution is 2.38. The first-order valence-corrected chi connectivity index (χ1v) is 11.8. The van der Waals surface area contributed by atoms with E-state index in [9.17, 15) is 0 Å². The lowest BCUT2D eigenvalue weighted by atomic mass is 10.0. The average molecular weight is 369 g/mol. The SMILES string of the molecule is CC(C)c1cc(Cl)c2cn[nH]c2c1OCCO[Si](C)(C)C(C)(C)C. The van der Waals surface area contributed by atoms with Gasteiger partial charge in [0.05, 0.1) is 17.8 Å². The quantitative estimate of drug-likeness (QED) is 0.522. The van der Waals surface area contributed by atoms with E-state index in [4.69, 9.17) is 20.8 Å². The van der Waals surface area contributed by atoms with E-state index in [0.29, 0.717) is 24.2 Å². The summed E-state index contributed by atoms with van der Waals surface area (Å²) in [5, 5.41) is 8.92. The second kappa shape index (κ2) is 7.06. The van der Waals surface area contributed by atoms with Crippen molar-refractivity contribution in [2.75, 3.05) is 13.2 Å². The topological polar surface area (TPSA) is 47.1 Å². The van der Waals surface area contributed by atoms with Gasteiger partial charge in [-0.05, 0) is 30.1 Å². The molecule has 134 valence electrons. The summed E-state index contributed by atoms with van der Waals surface area (Å²) in [4.78, 5) is 0. The highest BCUT2D eigenvalue weighted by Gasteiger charge is 2.36. The molecule has 2 aromatic rings. The number of aromatic amines is 1. The second-order valence-corrected chi connectivity index (χ2v) is 13.3. The van der Waals surface area contributed by atoms with Crippen LogP contribution >= 0.6 is 11.6 Å². The molecular formula is C18H29ClN2O2Si. The number of aromatic nitrogens is 2. The fourth-order valence-electron chi connectivity index (χ4n) is 2.31. The molecule has 0 amide bonds. The highest BCUT2D eigenvalue weighted by molar-refractivity contribution is 6.74. The summed E-state index contributed by atoms with van der Waals surface area (Å²) in [5.74, 6) is 1.15. The maximum absolute atomic E-state index is 6.36. The summed E-state index contributed by atoms with van der Waals surface area (Å²) in [7, 11) is -1.75. The van der Waals surface area contributed by atoms with Crippen molar-refractivity contribution in [1.82, 2.24) is 10.2 Å². The van der Waals surface area contributed by atoms with E-state index in [1.54, 1.807) is 6.20 Å². The molecule has 0 unspecified atom stereocenters. The van der Waals surface area contributed by atoms with Gasteiger partial charge in [-0.1, -0.05) is 46.2 Å². The maximum Gasteiger partial charge on any atom is 0.192 e. The molecule has 0 bridgehead atoms. The first-order valence-electron chi connectivity index (χ1n) is 8.47. The molecule has 0 radical (unpaired) electrons. The molecule has 1 aromatic heterocycles. The number of ether oxygens (including phenoxy) is 1. The minimum Gasteiger partial charge on any atom is -0.489 e. The van der Waals surface area contributed by atoms with Gasteiger partial charge in [-0.15, -0.1) is 0 Å². The van der Waals surface area contributed by atoms with Crippen LogP contribution in [0.2, 0.25) is 23.2 Å². The first kappa shape index (κ1) is 19.3. The number of H-pyrrole nitrogens is 1. The van der Waals surface area contributed by atoms with Crippen molar-refractivity contribution in [3.63, 3.8) is 0 Å². The Labute approximate surface area is 151 Å². The number of nitrogens with zero attached hydrogens (tertiary/aromatic N) is 1.